The van der Waals surface area contributed by atoms with Gasteiger partial charge in [0, 0.05) is 16.9 Å². The largest absolute Gasteiger partial charge is 0.399 e. The SMILES string of the molecule is CC(=NNC(=O)CC(C)(C)S)c1ccc(N)cc1. The summed E-state index contributed by atoms with van der Waals surface area (Å²) < 4.78 is -0.339. The molecular formula is C13H19N3OS. The summed E-state index contributed by atoms with van der Waals surface area (Å²) in [7, 11) is 0. The van der Waals surface area contributed by atoms with Crippen LogP contribution in [-0.2, 0) is 4.79 Å². The first-order chi connectivity index (χ1) is 8.28. The molecule has 98 valence electrons. The molecule has 4 nitrogen and oxygen atoms in total. The molecule has 18 heavy (non-hydrogen) atoms. The van der Waals surface area contributed by atoms with Crippen molar-refractivity contribution in [1.29, 1.82) is 0 Å². The molecule has 1 aromatic rings. The number of amides is 1. The highest BCUT2D eigenvalue weighted by Gasteiger charge is 2.16. The number of hydrogen-bond acceptors (Lipinski definition) is 4. The Morgan fingerprint density at radius 1 is 1.39 bits per heavy atom. The number of benzene rings is 1. The predicted molar refractivity (Wildman–Crippen MR) is 78.9 cm³/mol. The number of nitrogen functional groups attached to an aromatic ring is 1. The summed E-state index contributed by atoms with van der Waals surface area (Å²) in [5.74, 6) is -0.148. The van der Waals surface area contributed by atoms with Gasteiger partial charge in [-0.1, -0.05) is 26.0 Å². The van der Waals surface area contributed by atoms with E-state index in [1.807, 2.05) is 32.9 Å². The minimum absolute atomic E-state index is 0.148. The summed E-state index contributed by atoms with van der Waals surface area (Å²) in [5.41, 5.74) is 10.5. The molecular weight excluding hydrogens is 246 g/mol. The van der Waals surface area contributed by atoms with Crippen molar-refractivity contribution in [3.63, 3.8) is 0 Å². The number of nitrogens with two attached hydrogens (primary N) is 1. The normalized spacial score (nSPS) is 12.3. The number of hydrogen-bond donors (Lipinski definition) is 3. The second-order valence-electron chi connectivity index (χ2n) is 4.84. The van der Waals surface area contributed by atoms with Gasteiger partial charge < -0.3 is 5.73 Å². The van der Waals surface area contributed by atoms with Gasteiger partial charge in [-0.3, -0.25) is 4.79 Å². The van der Waals surface area contributed by atoms with E-state index in [4.69, 9.17) is 5.73 Å². The van der Waals surface area contributed by atoms with E-state index in [-0.39, 0.29) is 10.7 Å². The van der Waals surface area contributed by atoms with Crippen LogP contribution in [0.3, 0.4) is 0 Å². The summed E-state index contributed by atoms with van der Waals surface area (Å²) in [5, 5.41) is 4.05. The first kappa shape index (κ1) is 14.6. The van der Waals surface area contributed by atoms with E-state index in [0.717, 1.165) is 11.3 Å². The van der Waals surface area contributed by atoms with Gasteiger partial charge in [0.2, 0.25) is 5.91 Å². The van der Waals surface area contributed by atoms with Crippen molar-refractivity contribution in [3.05, 3.63) is 29.8 Å². The van der Waals surface area contributed by atoms with Crippen molar-refractivity contribution in [2.24, 2.45) is 5.10 Å². The fourth-order valence-corrected chi connectivity index (χ4v) is 1.51. The molecule has 5 heteroatoms. The number of carbonyl (C=O) groups excluding carboxylic acids is 1. The monoisotopic (exact) mass is 265 g/mol. The molecule has 1 amide bonds. The minimum Gasteiger partial charge on any atom is -0.399 e. The summed E-state index contributed by atoms with van der Waals surface area (Å²) in [6, 6.07) is 7.33. The first-order valence-electron chi connectivity index (χ1n) is 5.69. The van der Waals surface area contributed by atoms with Crippen molar-refractivity contribution in [1.82, 2.24) is 5.43 Å². The molecule has 0 spiro atoms. The van der Waals surface area contributed by atoms with Gasteiger partial charge >= 0.3 is 0 Å². The van der Waals surface area contributed by atoms with Gasteiger partial charge in [0.05, 0.1) is 5.71 Å². The zero-order valence-electron chi connectivity index (χ0n) is 10.9. The standard InChI is InChI=1S/C13H19N3OS/c1-9(10-4-6-11(14)7-5-10)15-16-12(17)8-13(2,3)18/h4-7,18H,8,14H2,1-3H3,(H,16,17). The molecule has 0 aliphatic carbocycles. The maximum absolute atomic E-state index is 11.6. The molecule has 3 N–H and O–H groups in total. The number of carbonyl (C=O) groups is 1. The van der Waals surface area contributed by atoms with E-state index in [2.05, 4.69) is 23.2 Å². The Bertz CT molecular complexity index is 446. The van der Waals surface area contributed by atoms with Crippen molar-refractivity contribution in [2.45, 2.75) is 31.9 Å². The lowest BCUT2D eigenvalue weighted by Gasteiger charge is -2.15. The third-order valence-corrected chi connectivity index (χ3v) is 2.43. The van der Waals surface area contributed by atoms with Crippen molar-refractivity contribution in [3.8, 4) is 0 Å². The highest BCUT2D eigenvalue weighted by molar-refractivity contribution is 7.81. The van der Waals surface area contributed by atoms with Crippen molar-refractivity contribution >= 4 is 29.9 Å². The molecule has 0 radical (unpaired) electrons. The highest BCUT2D eigenvalue weighted by Crippen LogP contribution is 2.16. The van der Waals surface area contributed by atoms with Crippen molar-refractivity contribution < 1.29 is 4.79 Å². The Kier molecular flexibility index (Phi) is 4.78. The fourth-order valence-electron chi connectivity index (χ4n) is 1.37. The second-order valence-corrected chi connectivity index (χ2v) is 6.05. The molecule has 0 fully saturated rings. The van der Waals surface area contributed by atoms with E-state index in [0.29, 0.717) is 12.1 Å². The van der Waals surface area contributed by atoms with E-state index >= 15 is 0 Å². The van der Waals surface area contributed by atoms with Crippen LogP contribution in [-0.4, -0.2) is 16.4 Å². The molecule has 1 rings (SSSR count). The molecule has 0 aliphatic heterocycles. The molecule has 0 aromatic heterocycles. The van der Waals surface area contributed by atoms with Gasteiger partial charge in [-0.05, 0) is 24.6 Å². The zero-order valence-corrected chi connectivity index (χ0v) is 11.8. The highest BCUT2D eigenvalue weighted by atomic mass is 32.1. The summed E-state index contributed by atoms with van der Waals surface area (Å²) in [6.07, 6.45) is 0.314. The molecule has 0 heterocycles. The quantitative estimate of drug-likeness (QED) is 0.338. The van der Waals surface area contributed by atoms with E-state index < -0.39 is 0 Å². The Morgan fingerprint density at radius 2 is 1.94 bits per heavy atom. The number of thiol groups is 1. The molecule has 0 bridgehead atoms. The lowest BCUT2D eigenvalue weighted by atomic mass is 10.1. The number of rotatable bonds is 4. The third kappa shape index (κ3) is 5.23. The number of nitrogens with zero attached hydrogens (tertiary/aromatic N) is 1. The van der Waals surface area contributed by atoms with Crippen molar-refractivity contribution in [2.75, 3.05) is 5.73 Å². The van der Waals surface area contributed by atoms with Crippen LogP contribution in [0, 0.1) is 0 Å². The van der Waals surface area contributed by atoms with Gasteiger partial charge in [-0.2, -0.15) is 17.7 Å². The average Bonchev–Trinajstić information content (AvgIpc) is 2.24. The molecule has 0 aliphatic rings. The van der Waals surface area contributed by atoms with Crippen LogP contribution in [0.5, 0.6) is 0 Å². The van der Waals surface area contributed by atoms with Crippen LogP contribution in [0.4, 0.5) is 5.69 Å². The topological polar surface area (TPSA) is 67.5 Å². The molecule has 0 atom stereocenters. The van der Waals surface area contributed by atoms with Crippen LogP contribution in [0.2, 0.25) is 0 Å². The number of anilines is 1. The second kappa shape index (κ2) is 5.91. The molecule has 0 saturated heterocycles. The first-order valence-corrected chi connectivity index (χ1v) is 6.14. The van der Waals surface area contributed by atoms with Gasteiger partial charge in [0.25, 0.3) is 0 Å². The Balaban J connectivity index is 2.62. The summed E-state index contributed by atoms with van der Waals surface area (Å²) >= 11 is 4.30. The maximum atomic E-state index is 11.6. The lowest BCUT2D eigenvalue weighted by Crippen LogP contribution is -2.26. The maximum Gasteiger partial charge on any atom is 0.241 e. The summed E-state index contributed by atoms with van der Waals surface area (Å²) in [6.45, 7) is 5.59. The minimum atomic E-state index is -0.339. The van der Waals surface area contributed by atoms with E-state index in [1.165, 1.54) is 0 Å². The summed E-state index contributed by atoms with van der Waals surface area (Å²) in [4.78, 5) is 11.6. The van der Waals surface area contributed by atoms with Gasteiger partial charge in [0.1, 0.15) is 0 Å². The molecule has 0 saturated carbocycles. The fraction of sp³-hybridized carbons (Fsp3) is 0.385. The molecule has 0 unspecified atom stereocenters. The molecule has 1 aromatic carbocycles. The predicted octanol–water partition coefficient (Wildman–Crippen LogP) is 2.21. The van der Waals surface area contributed by atoms with Gasteiger partial charge in [-0.15, -0.1) is 0 Å². The zero-order chi connectivity index (χ0) is 13.8. The number of hydrazone groups is 1. The van der Waals surface area contributed by atoms with E-state index in [1.54, 1.807) is 12.1 Å². The van der Waals surface area contributed by atoms with Gasteiger partial charge in [-0.25, -0.2) is 5.43 Å². The van der Waals surface area contributed by atoms with Crippen LogP contribution in [0.15, 0.2) is 29.4 Å². The van der Waals surface area contributed by atoms with Crippen LogP contribution < -0.4 is 11.2 Å². The van der Waals surface area contributed by atoms with Gasteiger partial charge in [0.15, 0.2) is 0 Å². The van der Waals surface area contributed by atoms with Crippen LogP contribution in [0.25, 0.3) is 0 Å². The van der Waals surface area contributed by atoms with Crippen LogP contribution in [0.1, 0.15) is 32.8 Å². The number of nitrogens with one attached hydrogen (secondary N) is 1. The third-order valence-electron chi connectivity index (χ3n) is 2.27. The Morgan fingerprint density at radius 3 is 2.44 bits per heavy atom. The van der Waals surface area contributed by atoms with E-state index in [9.17, 15) is 4.79 Å². The van der Waals surface area contributed by atoms with Crippen LogP contribution >= 0.6 is 12.6 Å². The smallest absolute Gasteiger partial charge is 0.241 e. The Hall–Kier alpha value is -1.49. The average molecular weight is 265 g/mol. The Labute approximate surface area is 113 Å². The lowest BCUT2D eigenvalue weighted by molar-refractivity contribution is -0.121.